The van der Waals surface area contributed by atoms with E-state index in [1.165, 1.54) is 0 Å². The highest BCUT2D eigenvalue weighted by atomic mass is 16.5. The van der Waals surface area contributed by atoms with E-state index in [4.69, 9.17) is 4.74 Å². The number of benzene rings is 1. The Morgan fingerprint density at radius 1 is 1.27 bits per heavy atom. The summed E-state index contributed by atoms with van der Waals surface area (Å²) < 4.78 is 5.40. The zero-order valence-electron chi connectivity index (χ0n) is 13.4. The van der Waals surface area contributed by atoms with Crippen molar-refractivity contribution in [1.29, 1.82) is 0 Å². The summed E-state index contributed by atoms with van der Waals surface area (Å²) in [4.78, 5) is 14.5. The van der Waals surface area contributed by atoms with E-state index in [-0.39, 0.29) is 11.9 Å². The van der Waals surface area contributed by atoms with Gasteiger partial charge in [-0.15, -0.1) is 0 Å². The second-order valence-electron chi connectivity index (χ2n) is 5.65. The molecular formula is C17H27N3O2. The van der Waals surface area contributed by atoms with Gasteiger partial charge in [0, 0.05) is 26.1 Å². The molecule has 1 fully saturated rings. The minimum atomic E-state index is 0.0429. The molecule has 122 valence electrons. The van der Waals surface area contributed by atoms with Crippen LogP contribution in [0.4, 0.5) is 0 Å². The van der Waals surface area contributed by atoms with Crippen molar-refractivity contribution in [3.63, 3.8) is 0 Å². The fourth-order valence-corrected chi connectivity index (χ4v) is 2.65. The number of carbonyl (C=O) groups excluding carboxylic acids is 1. The minimum Gasteiger partial charge on any atom is -0.379 e. The molecule has 2 N–H and O–H groups in total. The van der Waals surface area contributed by atoms with Crippen molar-refractivity contribution in [2.24, 2.45) is 0 Å². The second kappa shape index (κ2) is 9.56. The summed E-state index contributed by atoms with van der Waals surface area (Å²) in [7, 11) is 1.91. The fourth-order valence-electron chi connectivity index (χ4n) is 2.65. The second-order valence-corrected chi connectivity index (χ2v) is 5.65. The largest absolute Gasteiger partial charge is 0.379 e. The molecule has 1 aliphatic heterocycles. The van der Waals surface area contributed by atoms with Crippen molar-refractivity contribution in [2.75, 3.05) is 46.4 Å². The Labute approximate surface area is 133 Å². The van der Waals surface area contributed by atoms with Crippen molar-refractivity contribution in [2.45, 2.75) is 18.9 Å². The summed E-state index contributed by atoms with van der Waals surface area (Å²) in [6.45, 7) is 5.12. The van der Waals surface area contributed by atoms with Crippen molar-refractivity contribution >= 4 is 5.91 Å². The highest BCUT2D eigenvalue weighted by Crippen LogP contribution is 2.15. The number of carbonyl (C=O) groups is 1. The smallest absolute Gasteiger partial charge is 0.220 e. The van der Waals surface area contributed by atoms with Crippen LogP contribution >= 0.6 is 0 Å². The van der Waals surface area contributed by atoms with E-state index in [9.17, 15) is 4.79 Å². The normalized spacial score (nSPS) is 17.1. The zero-order valence-corrected chi connectivity index (χ0v) is 13.4. The maximum absolute atomic E-state index is 12.2. The number of morpholine rings is 1. The minimum absolute atomic E-state index is 0.0429. The summed E-state index contributed by atoms with van der Waals surface area (Å²) in [5.74, 6) is 0.123. The Kier molecular flexibility index (Phi) is 7.36. The van der Waals surface area contributed by atoms with Crippen LogP contribution in [0.5, 0.6) is 0 Å². The van der Waals surface area contributed by atoms with Gasteiger partial charge in [-0.3, -0.25) is 9.69 Å². The molecule has 1 amide bonds. The quantitative estimate of drug-likeness (QED) is 0.708. The van der Waals surface area contributed by atoms with E-state index >= 15 is 0 Å². The SMILES string of the molecule is CNCCCC(=O)NC(CN1CCOCC1)c1ccccc1. The molecule has 0 spiro atoms. The molecule has 0 bridgehead atoms. The van der Waals surface area contributed by atoms with Crippen LogP contribution in [0.2, 0.25) is 0 Å². The number of amides is 1. The standard InChI is InChI=1S/C17H27N3O2/c1-18-9-5-8-17(21)19-16(15-6-3-2-4-7-15)14-20-10-12-22-13-11-20/h2-4,6-7,16,18H,5,8-14H2,1H3,(H,19,21). The number of hydrogen-bond acceptors (Lipinski definition) is 4. The summed E-state index contributed by atoms with van der Waals surface area (Å²) in [6, 6.07) is 10.3. The molecule has 22 heavy (non-hydrogen) atoms. The lowest BCUT2D eigenvalue weighted by Gasteiger charge is -2.31. The van der Waals surface area contributed by atoms with E-state index in [0.717, 1.165) is 51.4 Å². The van der Waals surface area contributed by atoms with E-state index in [1.54, 1.807) is 0 Å². The van der Waals surface area contributed by atoms with Crippen LogP contribution in [0.3, 0.4) is 0 Å². The number of rotatable bonds is 8. The van der Waals surface area contributed by atoms with Crippen LogP contribution in [0.15, 0.2) is 30.3 Å². The molecule has 0 saturated carbocycles. The Balaban J connectivity index is 1.93. The number of hydrogen-bond donors (Lipinski definition) is 2. The van der Waals surface area contributed by atoms with Crippen LogP contribution in [0, 0.1) is 0 Å². The summed E-state index contributed by atoms with van der Waals surface area (Å²) in [5, 5.41) is 6.26. The van der Waals surface area contributed by atoms with Gasteiger partial charge in [0.15, 0.2) is 0 Å². The maximum atomic E-state index is 12.2. The van der Waals surface area contributed by atoms with Crippen molar-refractivity contribution in [1.82, 2.24) is 15.5 Å². The zero-order chi connectivity index (χ0) is 15.6. The van der Waals surface area contributed by atoms with Gasteiger partial charge < -0.3 is 15.4 Å². The lowest BCUT2D eigenvalue weighted by molar-refractivity contribution is -0.122. The van der Waals surface area contributed by atoms with Gasteiger partial charge in [-0.1, -0.05) is 30.3 Å². The van der Waals surface area contributed by atoms with Gasteiger partial charge in [-0.25, -0.2) is 0 Å². The average molecular weight is 305 g/mol. The first-order chi connectivity index (χ1) is 10.8. The lowest BCUT2D eigenvalue weighted by atomic mass is 10.1. The molecule has 5 heteroatoms. The first-order valence-corrected chi connectivity index (χ1v) is 8.08. The molecule has 5 nitrogen and oxygen atoms in total. The van der Waals surface area contributed by atoms with E-state index in [0.29, 0.717) is 6.42 Å². The predicted octanol–water partition coefficient (Wildman–Crippen LogP) is 1.18. The molecular weight excluding hydrogens is 278 g/mol. The Hall–Kier alpha value is -1.43. The average Bonchev–Trinajstić information content (AvgIpc) is 2.56. The predicted molar refractivity (Wildman–Crippen MR) is 87.7 cm³/mol. The number of nitrogens with one attached hydrogen (secondary N) is 2. The highest BCUT2D eigenvalue weighted by Gasteiger charge is 2.19. The molecule has 1 aromatic carbocycles. The van der Waals surface area contributed by atoms with E-state index in [1.807, 2.05) is 25.2 Å². The molecule has 2 rings (SSSR count). The van der Waals surface area contributed by atoms with Gasteiger partial charge >= 0.3 is 0 Å². The van der Waals surface area contributed by atoms with Gasteiger partial charge in [-0.05, 0) is 25.6 Å². The molecule has 1 heterocycles. The Bertz CT molecular complexity index is 433. The van der Waals surface area contributed by atoms with Crippen molar-refractivity contribution in [3.8, 4) is 0 Å². The molecule has 1 aliphatic rings. The third kappa shape index (κ3) is 5.75. The number of nitrogens with zero attached hydrogens (tertiary/aromatic N) is 1. The Morgan fingerprint density at radius 3 is 2.68 bits per heavy atom. The highest BCUT2D eigenvalue weighted by molar-refractivity contribution is 5.76. The third-order valence-electron chi connectivity index (χ3n) is 3.91. The van der Waals surface area contributed by atoms with Crippen LogP contribution < -0.4 is 10.6 Å². The molecule has 1 atom stereocenters. The monoisotopic (exact) mass is 305 g/mol. The topological polar surface area (TPSA) is 53.6 Å². The van der Waals surface area contributed by atoms with E-state index < -0.39 is 0 Å². The van der Waals surface area contributed by atoms with Gasteiger partial charge in [0.2, 0.25) is 5.91 Å². The Morgan fingerprint density at radius 2 is 2.00 bits per heavy atom. The molecule has 0 radical (unpaired) electrons. The van der Waals surface area contributed by atoms with Gasteiger partial charge in [0.1, 0.15) is 0 Å². The first kappa shape index (κ1) is 16.9. The van der Waals surface area contributed by atoms with Gasteiger partial charge in [-0.2, -0.15) is 0 Å². The molecule has 0 aromatic heterocycles. The first-order valence-electron chi connectivity index (χ1n) is 8.08. The summed E-state index contributed by atoms with van der Waals surface area (Å²) >= 11 is 0. The van der Waals surface area contributed by atoms with Crippen LogP contribution in [-0.2, 0) is 9.53 Å². The van der Waals surface area contributed by atoms with Gasteiger partial charge in [0.05, 0.1) is 19.3 Å². The fraction of sp³-hybridized carbons (Fsp3) is 0.588. The lowest BCUT2D eigenvalue weighted by Crippen LogP contribution is -2.43. The van der Waals surface area contributed by atoms with E-state index in [2.05, 4.69) is 27.7 Å². The molecule has 1 saturated heterocycles. The van der Waals surface area contributed by atoms with Crippen LogP contribution in [-0.4, -0.2) is 57.2 Å². The van der Waals surface area contributed by atoms with Crippen LogP contribution in [0.1, 0.15) is 24.4 Å². The summed E-state index contributed by atoms with van der Waals surface area (Å²) in [5.41, 5.74) is 1.16. The molecule has 1 aromatic rings. The third-order valence-corrected chi connectivity index (χ3v) is 3.91. The van der Waals surface area contributed by atoms with Crippen molar-refractivity contribution < 1.29 is 9.53 Å². The van der Waals surface area contributed by atoms with Crippen LogP contribution in [0.25, 0.3) is 0 Å². The maximum Gasteiger partial charge on any atom is 0.220 e. The van der Waals surface area contributed by atoms with Crippen molar-refractivity contribution in [3.05, 3.63) is 35.9 Å². The molecule has 1 unspecified atom stereocenters. The van der Waals surface area contributed by atoms with Gasteiger partial charge in [0.25, 0.3) is 0 Å². The summed E-state index contributed by atoms with van der Waals surface area (Å²) in [6.07, 6.45) is 1.43. The number of ether oxygens (including phenoxy) is 1. The molecule has 0 aliphatic carbocycles.